The van der Waals surface area contributed by atoms with Crippen molar-refractivity contribution in [1.82, 2.24) is 0 Å². The predicted molar refractivity (Wildman–Crippen MR) is 102 cm³/mol. The summed E-state index contributed by atoms with van der Waals surface area (Å²) in [5.41, 5.74) is 0. The summed E-state index contributed by atoms with van der Waals surface area (Å²) in [7, 11) is -9.99. The van der Waals surface area contributed by atoms with E-state index in [2.05, 4.69) is 46.2 Å². The molecule has 0 aliphatic rings. The van der Waals surface area contributed by atoms with Crippen molar-refractivity contribution < 1.29 is 16.5 Å². The van der Waals surface area contributed by atoms with Gasteiger partial charge in [0.05, 0.1) is 0 Å². The van der Waals surface area contributed by atoms with E-state index >= 15 is 0 Å². The maximum absolute atomic E-state index is 6.50. The molecule has 0 aromatic heterocycles. The lowest BCUT2D eigenvalue weighted by atomic mass is 10.6. The third kappa shape index (κ3) is 10.3. The second kappa shape index (κ2) is 8.66. The Morgan fingerprint density at radius 2 is 1.29 bits per heavy atom. The molecule has 0 saturated heterocycles. The first-order chi connectivity index (χ1) is 9.31. The summed E-state index contributed by atoms with van der Waals surface area (Å²) in [5.74, 6) is 0. The van der Waals surface area contributed by atoms with Gasteiger partial charge in [0.15, 0.2) is 26.4 Å². The van der Waals surface area contributed by atoms with Gasteiger partial charge in [-0.1, -0.05) is 13.3 Å². The molecule has 0 rings (SSSR count). The van der Waals surface area contributed by atoms with E-state index in [1.54, 1.807) is 0 Å². The molecule has 5 nitrogen and oxygen atoms in total. The van der Waals surface area contributed by atoms with E-state index < -0.39 is 43.9 Å². The molecule has 0 radical (unpaired) electrons. The van der Waals surface area contributed by atoms with Crippen LogP contribution < -0.4 is 5.40 Å². The summed E-state index contributed by atoms with van der Waals surface area (Å²) in [6.45, 7) is 19.0. The van der Waals surface area contributed by atoms with Gasteiger partial charge >= 0.3 is 9.05 Å². The molecule has 0 spiro atoms. The summed E-state index contributed by atoms with van der Waals surface area (Å²) in [6.07, 6.45) is 1.10. The van der Waals surface area contributed by atoms with Crippen molar-refractivity contribution in [3.05, 3.63) is 0 Å². The fraction of sp³-hybridized carbons (Fsp3) is 1.00. The molecule has 0 aromatic carbocycles. The number of nitrogens with two attached hydrogens (primary N) is 1. The van der Waals surface area contributed by atoms with Crippen LogP contribution in [0.1, 0.15) is 13.3 Å². The maximum atomic E-state index is 6.50. The average molecular weight is 386 g/mol. The van der Waals surface area contributed by atoms with E-state index in [9.17, 15) is 0 Å². The van der Waals surface area contributed by atoms with Crippen LogP contribution in [0.25, 0.3) is 0 Å². The number of rotatable bonds is 10. The molecule has 0 fully saturated rings. The molecule has 0 saturated carbocycles. The minimum Gasteiger partial charge on any atom is -0.399 e. The zero-order valence-electron chi connectivity index (χ0n) is 15.3. The first-order valence-electron chi connectivity index (χ1n) is 7.85. The Kier molecular flexibility index (Phi) is 9.02. The van der Waals surface area contributed by atoms with Crippen LogP contribution in [-0.2, 0) is 16.5 Å². The van der Waals surface area contributed by atoms with Crippen molar-refractivity contribution in [3.63, 3.8) is 0 Å². The van der Waals surface area contributed by atoms with Gasteiger partial charge in [0.2, 0.25) is 0 Å². The van der Waals surface area contributed by atoms with Gasteiger partial charge in [-0.3, -0.25) is 0 Å². The lowest BCUT2D eigenvalue weighted by Crippen LogP contribution is -2.65. The fourth-order valence-corrected chi connectivity index (χ4v) is 17.3. The first kappa shape index (κ1) is 21.9. The highest BCUT2D eigenvalue weighted by atomic mass is 28.5. The number of hydrogen-bond acceptors (Lipinski definition) is 5. The van der Waals surface area contributed by atoms with Crippen molar-refractivity contribution in [2.24, 2.45) is 5.40 Å². The van der Waals surface area contributed by atoms with Crippen LogP contribution in [0.3, 0.4) is 0 Å². The van der Waals surface area contributed by atoms with Gasteiger partial charge in [-0.05, 0) is 58.4 Å². The molecule has 0 aliphatic carbocycles. The Morgan fingerprint density at radius 3 is 1.57 bits per heavy atom. The van der Waals surface area contributed by atoms with Crippen LogP contribution in [0.15, 0.2) is 0 Å². The Bertz CT molecular complexity index is 299. The van der Waals surface area contributed by atoms with Crippen LogP contribution in [-0.4, -0.2) is 43.9 Å². The highest BCUT2D eigenvalue weighted by Crippen LogP contribution is 2.26. The van der Waals surface area contributed by atoms with Crippen LogP contribution in [0, 0.1) is 0 Å². The largest absolute Gasteiger partial charge is 0.637 e. The molecule has 0 aliphatic heterocycles. The third-order valence-corrected chi connectivity index (χ3v) is 16.5. The van der Waals surface area contributed by atoms with Crippen LogP contribution in [0.4, 0.5) is 0 Å². The van der Waals surface area contributed by atoms with Crippen molar-refractivity contribution >= 4 is 43.9 Å². The molecule has 0 heterocycles. The van der Waals surface area contributed by atoms with Gasteiger partial charge in [-0.25, -0.2) is 0 Å². The van der Waals surface area contributed by atoms with Crippen LogP contribution >= 0.6 is 0 Å². The Hall–Kier alpha value is 0.884. The zero-order valence-corrected chi connectivity index (χ0v) is 20.6. The normalized spacial score (nSPS) is 14.3. The average Bonchev–Trinajstić information content (AvgIpc) is 2.08. The molecule has 0 bridgehead atoms. The monoisotopic (exact) mass is 385 g/mol. The Labute approximate surface area is 137 Å². The first-order valence-corrected chi connectivity index (χ1v) is 21.2. The molecular weight excluding hydrogens is 351 g/mol. The van der Waals surface area contributed by atoms with Crippen LogP contribution in [0.2, 0.25) is 58.4 Å². The lowest BCUT2D eigenvalue weighted by Gasteiger charge is -2.40. The lowest BCUT2D eigenvalue weighted by molar-refractivity contribution is 0.154. The van der Waals surface area contributed by atoms with E-state index in [0.717, 1.165) is 12.5 Å². The van der Waals surface area contributed by atoms with Gasteiger partial charge in [0, 0.05) is 0 Å². The summed E-state index contributed by atoms with van der Waals surface area (Å²) < 4.78 is 25.2. The van der Waals surface area contributed by atoms with Crippen LogP contribution in [0.5, 0.6) is 0 Å². The minimum absolute atomic E-state index is 1.07. The van der Waals surface area contributed by atoms with Crippen molar-refractivity contribution in [2.45, 2.75) is 71.8 Å². The summed E-state index contributed by atoms with van der Waals surface area (Å²) in [4.78, 5) is 0. The quantitative estimate of drug-likeness (QED) is 0.586. The molecule has 0 unspecified atom stereocenters. The molecule has 128 valence electrons. The van der Waals surface area contributed by atoms with Gasteiger partial charge in [0.25, 0.3) is 8.48 Å². The fourth-order valence-electron chi connectivity index (χ4n) is 2.04. The Morgan fingerprint density at radius 1 is 0.857 bits per heavy atom. The predicted octanol–water partition coefficient (Wildman–Crippen LogP) is 2.73. The molecular formula is C11H35NO4Si5. The molecule has 0 aromatic rings. The van der Waals surface area contributed by atoms with Crippen molar-refractivity contribution in [3.8, 4) is 0 Å². The maximum Gasteiger partial charge on any atom is 0.637 e. The summed E-state index contributed by atoms with van der Waals surface area (Å²) in [6, 6.07) is 1.07. The van der Waals surface area contributed by atoms with Gasteiger partial charge < -0.3 is 21.9 Å². The number of hydrogen-bond donors (Lipinski definition) is 1. The molecule has 21 heavy (non-hydrogen) atoms. The van der Waals surface area contributed by atoms with E-state index in [-0.39, 0.29) is 0 Å². The van der Waals surface area contributed by atoms with Gasteiger partial charge in [-0.15, -0.1) is 0 Å². The highest BCUT2D eigenvalue weighted by molar-refractivity contribution is 6.87. The van der Waals surface area contributed by atoms with Gasteiger partial charge in [0.1, 0.15) is 0 Å². The molecule has 10 heteroatoms. The highest BCUT2D eigenvalue weighted by Gasteiger charge is 2.53. The second-order valence-electron chi connectivity index (χ2n) is 7.15. The van der Waals surface area contributed by atoms with Crippen molar-refractivity contribution in [1.29, 1.82) is 0 Å². The standard InChI is InChI=1S/C11H35NO4Si5/c1-10-11-19(6,7)15-21(13-17(2)3,14-18(4)5)16-20(8,9)12/h17-18H,10-12H2,1-9H3. The smallest absolute Gasteiger partial charge is 0.399 e. The van der Waals surface area contributed by atoms with E-state index in [4.69, 9.17) is 21.9 Å². The third-order valence-electron chi connectivity index (χ3n) is 2.40. The van der Waals surface area contributed by atoms with E-state index in [1.165, 1.54) is 0 Å². The molecule has 2 N–H and O–H groups in total. The van der Waals surface area contributed by atoms with E-state index in [0.29, 0.717) is 0 Å². The van der Waals surface area contributed by atoms with Gasteiger partial charge in [-0.2, -0.15) is 0 Å². The van der Waals surface area contributed by atoms with Crippen molar-refractivity contribution in [2.75, 3.05) is 0 Å². The summed E-state index contributed by atoms with van der Waals surface area (Å²) >= 11 is 0. The zero-order chi connectivity index (χ0) is 16.9. The topological polar surface area (TPSA) is 62.9 Å². The molecule has 0 atom stereocenters. The van der Waals surface area contributed by atoms with E-state index in [1.807, 2.05) is 13.1 Å². The minimum atomic E-state index is -3.11. The molecule has 0 amide bonds. The summed E-state index contributed by atoms with van der Waals surface area (Å²) in [5, 5.41) is 6.22. The Balaban J connectivity index is 5.43. The second-order valence-corrected chi connectivity index (χ2v) is 23.1. The SMILES string of the molecule is CCC[Si](C)(C)O[Si](O[SiH](C)C)(O[SiH](C)C)O[Si](C)(C)N.